The Kier molecular flexibility index (Phi) is 5.29. The van der Waals surface area contributed by atoms with E-state index in [9.17, 15) is 0 Å². The van der Waals surface area contributed by atoms with Crippen molar-refractivity contribution in [2.75, 3.05) is 0 Å². The third-order valence-electron chi connectivity index (χ3n) is 1.16. The summed E-state index contributed by atoms with van der Waals surface area (Å²) in [6, 6.07) is 0. The molecule has 0 amide bonds. The molecule has 0 aliphatic carbocycles. The first-order chi connectivity index (χ1) is 4.31. The van der Waals surface area contributed by atoms with Gasteiger partial charge in [0, 0.05) is 0 Å². The number of aliphatic hydroxyl groups excluding tert-OH is 1. The summed E-state index contributed by atoms with van der Waals surface area (Å²) in [5.41, 5.74) is 2.55. The smallest absolute Gasteiger partial charge is 0.0794 e. The van der Waals surface area contributed by atoms with Crippen LogP contribution in [0.1, 0.15) is 26.2 Å². The van der Waals surface area contributed by atoms with Gasteiger partial charge in [0.05, 0.1) is 6.10 Å². The number of unbranched alkanes of at least 4 members (excludes halogenated alkanes) is 1. The van der Waals surface area contributed by atoms with Gasteiger partial charge in [-0.1, -0.05) is 26.3 Å². The van der Waals surface area contributed by atoms with Crippen molar-refractivity contribution < 1.29 is 5.11 Å². The zero-order valence-corrected chi connectivity index (χ0v) is 5.93. The van der Waals surface area contributed by atoms with Crippen molar-refractivity contribution in [2.45, 2.75) is 32.3 Å². The van der Waals surface area contributed by atoms with Gasteiger partial charge in [-0.3, -0.25) is 0 Å². The van der Waals surface area contributed by atoms with E-state index in [0.717, 1.165) is 19.3 Å². The van der Waals surface area contributed by atoms with Gasteiger partial charge in [-0.05, 0) is 12.5 Å². The second-order valence-electron chi connectivity index (χ2n) is 2.08. The molecule has 1 atom stereocenters. The van der Waals surface area contributed by atoms with Gasteiger partial charge in [-0.2, -0.15) is 0 Å². The molecule has 0 spiro atoms. The average molecular weight is 126 g/mol. The van der Waals surface area contributed by atoms with Crippen LogP contribution < -0.4 is 0 Å². The van der Waals surface area contributed by atoms with E-state index in [2.05, 4.69) is 19.2 Å². The van der Waals surface area contributed by atoms with E-state index < -0.39 is 0 Å². The third kappa shape index (κ3) is 5.35. The molecule has 0 aromatic heterocycles. The molecule has 0 aromatic carbocycles. The summed E-state index contributed by atoms with van der Waals surface area (Å²) in [4.78, 5) is 0. The van der Waals surface area contributed by atoms with E-state index in [1.54, 1.807) is 6.08 Å². The highest BCUT2D eigenvalue weighted by atomic mass is 16.3. The summed E-state index contributed by atoms with van der Waals surface area (Å²) in [5.74, 6) is 0. The van der Waals surface area contributed by atoms with Gasteiger partial charge < -0.3 is 5.11 Å². The Labute approximate surface area is 56.7 Å². The number of aliphatic hydroxyl groups is 1. The lowest BCUT2D eigenvalue weighted by Crippen LogP contribution is -1.99. The highest BCUT2D eigenvalue weighted by molar-refractivity contribution is 4.83. The molecule has 9 heavy (non-hydrogen) atoms. The molecular weight excluding hydrogens is 112 g/mol. The van der Waals surface area contributed by atoms with Crippen LogP contribution in [0.25, 0.3) is 0 Å². The lowest BCUT2D eigenvalue weighted by molar-refractivity contribution is 0.209. The van der Waals surface area contributed by atoms with Crippen LogP contribution in [0.3, 0.4) is 0 Å². The van der Waals surface area contributed by atoms with Crippen LogP contribution in [0.5, 0.6) is 0 Å². The number of rotatable bonds is 4. The third-order valence-corrected chi connectivity index (χ3v) is 1.16. The van der Waals surface area contributed by atoms with Crippen LogP contribution in [0, 0.1) is 0 Å². The standard InChI is InChI=1S/C8H14O/c1-3-5-7-8(9)6-4-2/h6,8-9H,2-3,5,7H2,1H3/t8-/m0/s1. The molecule has 0 radical (unpaired) electrons. The molecule has 0 aliphatic heterocycles. The van der Waals surface area contributed by atoms with E-state index in [4.69, 9.17) is 5.11 Å². The molecule has 0 rings (SSSR count). The fourth-order valence-electron chi connectivity index (χ4n) is 0.633. The maximum atomic E-state index is 9.02. The summed E-state index contributed by atoms with van der Waals surface area (Å²) in [6.45, 7) is 5.47. The Morgan fingerprint density at radius 1 is 1.78 bits per heavy atom. The van der Waals surface area contributed by atoms with Gasteiger partial charge in [0.1, 0.15) is 0 Å². The molecule has 1 nitrogen and oxygen atoms in total. The molecule has 0 aliphatic rings. The first-order valence-corrected chi connectivity index (χ1v) is 3.35. The van der Waals surface area contributed by atoms with E-state index in [1.807, 2.05) is 0 Å². The van der Waals surface area contributed by atoms with Crippen LogP contribution in [0.2, 0.25) is 0 Å². The van der Waals surface area contributed by atoms with E-state index in [0.29, 0.717) is 0 Å². The Bertz CT molecular complexity index is 101. The second-order valence-corrected chi connectivity index (χ2v) is 2.08. The molecule has 0 aromatic rings. The second kappa shape index (κ2) is 5.61. The van der Waals surface area contributed by atoms with E-state index in [-0.39, 0.29) is 6.10 Å². The maximum Gasteiger partial charge on any atom is 0.0794 e. The predicted octanol–water partition coefficient (Wildman–Crippen LogP) is 1.88. The fourth-order valence-corrected chi connectivity index (χ4v) is 0.633. The average Bonchev–Trinajstić information content (AvgIpc) is 1.85. The summed E-state index contributed by atoms with van der Waals surface area (Å²) < 4.78 is 0. The SMILES string of the molecule is C=C=C[C@H](O)CCCC. The minimum Gasteiger partial charge on any atom is -0.388 e. The van der Waals surface area contributed by atoms with E-state index >= 15 is 0 Å². The van der Waals surface area contributed by atoms with Crippen LogP contribution in [-0.2, 0) is 0 Å². The monoisotopic (exact) mass is 126 g/mol. The van der Waals surface area contributed by atoms with Crippen LogP contribution in [-0.4, -0.2) is 11.2 Å². The van der Waals surface area contributed by atoms with Gasteiger partial charge in [0.15, 0.2) is 0 Å². The van der Waals surface area contributed by atoms with Gasteiger partial charge in [0.2, 0.25) is 0 Å². The molecular formula is C8H14O. The fraction of sp³-hybridized carbons (Fsp3) is 0.625. The lowest BCUT2D eigenvalue weighted by atomic mass is 10.2. The molecule has 0 unspecified atom stereocenters. The molecule has 0 fully saturated rings. The first kappa shape index (κ1) is 8.48. The van der Waals surface area contributed by atoms with Crippen molar-refractivity contribution in [2.24, 2.45) is 0 Å². The quantitative estimate of drug-likeness (QED) is 0.570. The van der Waals surface area contributed by atoms with Crippen LogP contribution >= 0.6 is 0 Å². The maximum absolute atomic E-state index is 9.02. The normalized spacial score (nSPS) is 12.2. The van der Waals surface area contributed by atoms with Crippen molar-refractivity contribution in [3.8, 4) is 0 Å². The minimum atomic E-state index is -0.331. The number of hydrogen-bond donors (Lipinski definition) is 1. The zero-order chi connectivity index (χ0) is 7.11. The summed E-state index contributed by atoms with van der Waals surface area (Å²) in [6.07, 6.45) is 4.29. The minimum absolute atomic E-state index is 0.331. The van der Waals surface area contributed by atoms with Crippen LogP contribution in [0.15, 0.2) is 18.4 Å². The molecule has 1 N–H and O–H groups in total. The van der Waals surface area contributed by atoms with Gasteiger partial charge in [-0.25, -0.2) is 0 Å². The van der Waals surface area contributed by atoms with E-state index in [1.165, 1.54) is 0 Å². The molecule has 52 valence electrons. The topological polar surface area (TPSA) is 20.2 Å². The highest BCUT2D eigenvalue weighted by Crippen LogP contribution is 1.99. The Balaban J connectivity index is 3.26. The largest absolute Gasteiger partial charge is 0.388 e. The summed E-state index contributed by atoms with van der Waals surface area (Å²) in [5, 5.41) is 9.02. The number of hydrogen-bond acceptors (Lipinski definition) is 1. The van der Waals surface area contributed by atoms with Gasteiger partial charge in [-0.15, -0.1) is 5.73 Å². The Hall–Kier alpha value is -0.520. The zero-order valence-electron chi connectivity index (χ0n) is 5.93. The lowest BCUT2D eigenvalue weighted by Gasteiger charge is -2.00. The van der Waals surface area contributed by atoms with Crippen molar-refractivity contribution in [3.05, 3.63) is 18.4 Å². The van der Waals surface area contributed by atoms with Crippen molar-refractivity contribution in [1.82, 2.24) is 0 Å². The molecule has 0 bridgehead atoms. The van der Waals surface area contributed by atoms with Gasteiger partial charge in [0.25, 0.3) is 0 Å². The first-order valence-electron chi connectivity index (χ1n) is 3.35. The summed E-state index contributed by atoms with van der Waals surface area (Å²) >= 11 is 0. The highest BCUT2D eigenvalue weighted by Gasteiger charge is 1.94. The predicted molar refractivity (Wildman–Crippen MR) is 39.2 cm³/mol. The summed E-state index contributed by atoms with van der Waals surface area (Å²) in [7, 11) is 0. The molecule has 0 heterocycles. The Morgan fingerprint density at radius 3 is 2.89 bits per heavy atom. The van der Waals surface area contributed by atoms with Crippen molar-refractivity contribution >= 4 is 0 Å². The molecule has 0 saturated carbocycles. The Morgan fingerprint density at radius 2 is 2.44 bits per heavy atom. The van der Waals surface area contributed by atoms with Crippen LogP contribution in [0.4, 0.5) is 0 Å². The van der Waals surface area contributed by atoms with Gasteiger partial charge >= 0.3 is 0 Å². The molecule has 1 heteroatoms. The van der Waals surface area contributed by atoms with Crippen molar-refractivity contribution in [1.29, 1.82) is 0 Å². The molecule has 0 saturated heterocycles. The van der Waals surface area contributed by atoms with Crippen molar-refractivity contribution in [3.63, 3.8) is 0 Å².